The van der Waals surface area contributed by atoms with Gasteiger partial charge in [-0.3, -0.25) is 4.79 Å². The fourth-order valence-corrected chi connectivity index (χ4v) is 3.11. The van der Waals surface area contributed by atoms with Crippen LogP contribution in [-0.4, -0.2) is 16.9 Å². The van der Waals surface area contributed by atoms with Gasteiger partial charge in [0.25, 0.3) is 0 Å². The first kappa shape index (κ1) is 11.8. The molecule has 1 amide bonds. The lowest BCUT2D eigenvalue weighted by atomic mass is 10.2. The zero-order valence-electron chi connectivity index (χ0n) is 8.91. The van der Waals surface area contributed by atoms with Gasteiger partial charge in [0.2, 0.25) is 5.91 Å². The molecule has 0 aromatic heterocycles. The second-order valence-corrected chi connectivity index (χ2v) is 5.53. The Morgan fingerprint density at radius 2 is 2.31 bits per heavy atom. The highest BCUT2D eigenvalue weighted by atomic mass is 35.5. The molecule has 1 aliphatic heterocycles. The summed E-state index contributed by atoms with van der Waals surface area (Å²) in [5.74, 6) is 1.24. The van der Waals surface area contributed by atoms with Crippen molar-refractivity contribution >= 4 is 29.3 Å². The molecule has 0 bridgehead atoms. The van der Waals surface area contributed by atoms with Crippen molar-refractivity contribution in [3.63, 3.8) is 0 Å². The smallest absolute Gasteiger partial charge is 0.233 e. The van der Waals surface area contributed by atoms with Crippen molar-refractivity contribution in [1.29, 1.82) is 0 Å². The first-order chi connectivity index (χ1) is 7.77. The summed E-state index contributed by atoms with van der Waals surface area (Å²) in [4.78, 5) is 11.8. The Morgan fingerprint density at radius 1 is 1.50 bits per heavy atom. The third kappa shape index (κ3) is 2.92. The van der Waals surface area contributed by atoms with Crippen molar-refractivity contribution < 1.29 is 4.79 Å². The van der Waals surface area contributed by atoms with Crippen LogP contribution in [0, 0.1) is 0 Å². The molecule has 2 nitrogen and oxygen atoms in total. The minimum Gasteiger partial charge on any atom is -0.351 e. The van der Waals surface area contributed by atoms with Crippen LogP contribution in [0.2, 0.25) is 5.02 Å². The summed E-state index contributed by atoms with van der Waals surface area (Å²) in [5, 5.41) is 3.79. The maximum Gasteiger partial charge on any atom is 0.233 e. The maximum absolute atomic E-state index is 11.8. The summed E-state index contributed by atoms with van der Waals surface area (Å²) in [7, 11) is 0. The predicted molar refractivity (Wildman–Crippen MR) is 68.8 cm³/mol. The fraction of sp³-hybridized carbons (Fsp3) is 0.417. The molecule has 1 heterocycles. The van der Waals surface area contributed by atoms with Crippen LogP contribution in [-0.2, 0) is 11.3 Å². The van der Waals surface area contributed by atoms with Crippen molar-refractivity contribution in [2.24, 2.45) is 0 Å². The molecular weight excluding hydrogens is 242 g/mol. The average Bonchev–Trinajstić information content (AvgIpc) is 2.81. The van der Waals surface area contributed by atoms with Crippen molar-refractivity contribution in [1.82, 2.24) is 5.32 Å². The van der Waals surface area contributed by atoms with E-state index in [1.165, 1.54) is 0 Å². The van der Waals surface area contributed by atoms with Crippen molar-refractivity contribution in [2.75, 3.05) is 5.75 Å². The van der Waals surface area contributed by atoms with Gasteiger partial charge in [-0.05, 0) is 30.2 Å². The van der Waals surface area contributed by atoms with Crippen LogP contribution < -0.4 is 5.32 Å². The van der Waals surface area contributed by atoms with Gasteiger partial charge in [0.1, 0.15) is 0 Å². The molecule has 0 saturated carbocycles. The van der Waals surface area contributed by atoms with E-state index in [1.807, 2.05) is 24.3 Å². The van der Waals surface area contributed by atoms with Gasteiger partial charge in [0, 0.05) is 11.6 Å². The minimum atomic E-state index is 0.141. The van der Waals surface area contributed by atoms with Crippen LogP contribution in [0.25, 0.3) is 0 Å². The van der Waals surface area contributed by atoms with Crippen molar-refractivity contribution in [3.05, 3.63) is 34.9 Å². The van der Waals surface area contributed by atoms with E-state index in [1.54, 1.807) is 11.8 Å². The zero-order valence-corrected chi connectivity index (χ0v) is 10.5. The summed E-state index contributed by atoms with van der Waals surface area (Å²) in [6, 6.07) is 7.59. The second-order valence-electron chi connectivity index (χ2n) is 3.81. The normalized spacial score (nSPS) is 19.7. The van der Waals surface area contributed by atoms with Crippen LogP contribution >= 0.6 is 23.4 Å². The number of halogens is 1. The molecule has 1 aliphatic rings. The number of benzene rings is 1. The van der Waals surface area contributed by atoms with Crippen LogP contribution in [0.1, 0.15) is 18.4 Å². The van der Waals surface area contributed by atoms with Crippen LogP contribution in [0.5, 0.6) is 0 Å². The van der Waals surface area contributed by atoms with E-state index in [9.17, 15) is 4.79 Å². The Kier molecular flexibility index (Phi) is 4.13. The van der Waals surface area contributed by atoms with Gasteiger partial charge in [-0.25, -0.2) is 0 Å². The quantitative estimate of drug-likeness (QED) is 0.900. The topological polar surface area (TPSA) is 29.1 Å². The van der Waals surface area contributed by atoms with E-state index < -0.39 is 0 Å². The molecule has 16 heavy (non-hydrogen) atoms. The Bertz CT molecular complexity index is 377. The van der Waals surface area contributed by atoms with Gasteiger partial charge in [0.15, 0.2) is 0 Å². The number of hydrogen-bond donors (Lipinski definition) is 1. The van der Waals surface area contributed by atoms with Gasteiger partial charge < -0.3 is 5.32 Å². The number of nitrogens with one attached hydrogen (secondary N) is 1. The fourth-order valence-electron chi connectivity index (χ4n) is 1.72. The molecule has 1 N–H and O–H groups in total. The molecular formula is C12H14ClNOS. The minimum absolute atomic E-state index is 0.141. The number of rotatable bonds is 3. The first-order valence-corrected chi connectivity index (χ1v) is 6.83. The number of thioether (sulfide) groups is 1. The molecule has 1 aromatic rings. The van der Waals surface area contributed by atoms with E-state index in [-0.39, 0.29) is 11.2 Å². The van der Waals surface area contributed by atoms with E-state index in [4.69, 9.17) is 11.6 Å². The highest BCUT2D eigenvalue weighted by Crippen LogP contribution is 2.26. The molecule has 1 unspecified atom stereocenters. The summed E-state index contributed by atoms with van der Waals surface area (Å²) >= 11 is 7.76. The molecule has 2 rings (SSSR count). The van der Waals surface area contributed by atoms with Gasteiger partial charge in [-0.2, -0.15) is 0 Å². The van der Waals surface area contributed by atoms with Crippen LogP contribution in [0.3, 0.4) is 0 Å². The highest BCUT2D eigenvalue weighted by molar-refractivity contribution is 8.00. The summed E-state index contributed by atoms with van der Waals surface area (Å²) in [5.41, 5.74) is 0.973. The number of carbonyl (C=O) groups excluding carboxylic acids is 1. The van der Waals surface area contributed by atoms with E-state index >= 15 is 0 Å². The molecule has 86 valence electrons. The lowest BCUT2D eigenvalue weighted by molar-refractivity contribution is -0.120. The van der Waals surface area contributed by atoms with E-state index in [0.717, 1.165) is 24.2 Å². The largest absolute Gasteiger partial charge is 0.351 e. The lowest BCUT2D eigenvalue weighted by Crippen LogP contribution is -2.30. The lowest BCUT2D eigenvalue weighted by Gasteiger charge is -2.10. The number of amides is 1. The first-order valence-electron chi connectivity index (χ1n) is 5.40. The summed E-state index contributed by atoms with van der Waals surface area (Å²) in [6.45, 7) is 0.523. The molecule has 1 aromatic carbocycles. The average molecular weight is 256 g/mol. The predicted octanol–water partition coefficient (Wildman–Crippen LogP) is 2.85. The summed E-state index contributed by atoms with van der Waals surface area (Å²) in [6.07, 6.45) is 2.15. The molecule has 4 heteroatoms. The SMILES string of the molecule is O=C(NCc1ccccc1Cl)C1CCCS1. The van der Waals surface area contributed by atoms with Gasteiger partial charge in [-0.1, -0.05) is 29.8 Å². The van der Waals surface area contributed by atoms with Crippen LogP contribution in [0.4, 0.5) is 0 Å². The zero-order chi connectivity index (χ0) is 11.4. The van der Waals surface area contributed by atoms with Crippen molar-refractivity contribution in [2.45, 2.75) is 24.6 Å². The van der Waals surface area contributed by atoms with Crippen molar-refractivity contribution in [3.8, 4) is 0 Å². The second kappa shape index (κ2) is 5.60. The van der Waals surface area contributed by atoms with Crippen LogP contribution in [0.15, 0.2) is 24.3 Å². The van der Waals surface area contributed by atoms with E-state index in [0.29, 0.717) is 11.6 Å². The molecule has 1 fully saturated rings. The van der Waals surface area contributed by atoms with Gasteiger partial charge in [0.05, 0.1) is 5.25 Å². The maximum atomic E-state index is 11.8. The Morgan fingerprint density at radius 3 is 3.00 bits per heavy atom. The summed E-state index contributed by atoms with van der Waals surface area (Å²) < 4.78 is 0. The van der Waals surface area contributed by atoms with Gasteiger partial charge >= 0.3 is 0 Å². The number of hydrogen-bond acceptors (Lipinski definition) is 2. The molecule has 0 radical (unpaired) electrons. The number of carbonyl (C=O) groups is 1. The Balaban J connectivity index is 1.87. The van der Waals surface area contributed by atoms with Gasteiger partial charge in [-0.15, -0.1) is 11.8 Å². The standard InChI is InChI=1S/C12H14ClNOS/c13-10-5-2-1-4-9(10)8-14-12(15)11-6-3-7-16-11/h1-2,4-5,11H,3,6-8H2,(H,14,15). The third-order valence-corrected chi connectivity index (χ3v) is 4.38. The molecule has 0 spiro atoms. The third-order valence-electron chi connectivity index (χ3n) is 2.63. The molecule has 0 aliphatic carbocycles. The highest BCUT2D eigenvalue weighted by Gasteiger charge is 2.22. The Labute approximate surface area is 105 Å². The van der Waals surface area contributed by atoms with E-state index in [2.05, 4.69) is 5.32 Å². The molecule has 1 saturated heterocycles. The Hall–Kier alpha value is -0.670. The monoisotopic (exact) mass is 255 g/mol. The molecule has 1 atom stereocenters.